The van der Waals surface area contributed by atoms with Crippen molar-refractivity contribution in [1.29, 1.82) is 0 Å². The molecule has 4 heteroatoms. The molecule has 1 heterocycles. The summed E-state index contributed by atoms with van der Waals surface area (Å²) in [4.78, 5) is 12.2. The molecule has 0 aliphatic heterocycles. The lowest BCUT2D eigenvalue weighted by Gasteiger charge is -2.14. The Balaban J connectivity index is 2.29. The molecular formula is C21H23NO3. The van der Waals surface area contributed by atoms with Crippen LogP contribution in [0, 0.1) is 0 Å². The fourth-order valence-electron chi connectivity index (χ4n) is 3.09. The summed E-state index contributed by atoms with van der Waals surface area (Å²) in [5.74, 6) is 0.215. The van der Waals surface area contributed by atoms with Crippen molar-refractivity contribution in [3.8, 4) is 16.9 Å². The summed E-state index contributed by atoms with van der Waals surface area (Å²) in [6, 6.07) is 13.2. The lowest BCUT2D eigenvalue weighted by molar-refractivity contribution is 0.455. The summed E-state index contributed by atoms with van der Waals surface area (Å²) in [5, 5.41) is 14.8. The van der Waals surface area contributed by atoms with Gasteiger partial charge in [-0.3, -0.25) is 0 Å². The molecule has 0 atom stereocenters. The fourth-order valence-corrected chi connectivity index (χ4v) is 3.09. The molecule has 0 amide bonds. The molecule has 0 spiro atoms. The van der Waals surface area contributed by atoms with Crippen LogP contribution in [0.4, 0.5) is 0 Å². The first kappa shape index (κ1) is 17.2. The van der Waals surface area contributed by atoms with Gasteiger partial charge in [0.2, 0.25) is 0 Å². The molecule has 25 heavy (non-hydrogen) atoms. The van der Waals surface area contributed by atoms with Gasteiger partial charge in [0.1, 0.15) is 11.3 Å². The molecule has 0 bridgehead atoms. The maximum atomic E-state index is 12.2. The SMILES string of the molecule is CCCNCc1c(O)c(CC)cc2c(-c3ccccc3)cc(=O)oc12. The molecule has 0 fully saturated rings. The number of aromatic hydroxyl groups is 1. The van der Waals surface area contributed by atoms with Crippen molar-refractivity contribution in [1.82, 2.24) is 5.32 Å². The van der Waals surface area contributed by atoms with Gasteiger partial charge in [-0.25, -0.2) is 4.79 Å². The second-order valence-corrected chi connectivity index (χ2v) is 6.12. The molecule has 0 aliphatic rings. The van der Waals surface area contributed by atoms with Crippen molar-refractivity contribution in [2.75, 3.05) is 6.54 Å². The zero-order valence-electron chi connectivity index (χ0n) is 14.6. The summed E-state index contributed by atoms with van der Waals surface area (Å²) in [5.41, 5.74) is 3.35. The lowest BCUT2D eigenvalue weighted by atomic mass is 9.96. The molecule has 0 aliphatic carbocycles. The van der Waals surface area contributed by atoms with E-state index in [0.717, 1.165) is 35.0 Å². The number of phenols is 1. The first-order valence-electron chi connectivity index (χ1n) is 8.73. The van der Waals surface area contributed by atoms with Crippen LogP contribution in [0.2, 0.25) is 0 Å². The minimum atomic E-state index is -0.410. The van der Waals surface area contributed by atoms with E-state index >= 15 is 0 Å². The van der Waals surface area contributed by atoms with E-state index in [2.05, 4.69) is 12.2 Å². The molecule has 4 nitrogen and oxygen atoms in total. The molecule has 2 N–H and O–H groups in total. The summed E-state index contributed by atoms with van der Waals surface area (Å²) >= 11 is 0. The van der Waals surface area contributed by atoms with Gasteiger partial charge in [-0.15, -0.1) is 0 Å². The van der Waals surface area contributed by atoms with Crippen LogP contribution >= 0.6 is 0 Å². The number of aryl methyl sites for hydroxylation is 1. The van der Waals surface area contributed by atoms with E-state index in [1.165, 1.54) is 6.07 Å². The van der Waals surface area contributed by atoms with Crippen LogP contribution in [0.1, 0.15) is 31.4 Å². The van der Waals surface area contributed by atoms with Crippen LogP contribution in [-0.4, -0.2) is 11.7 Å². The number of rotatable bonds is 6. The van der Waals surface area contributed by atoms with Crippen molar-refractivity contribution < 1.29 is 9.52 Å². The Bertz CT molecular complexity index is 929. The highest BCUT2D eigenvalue weighted by Gasteiger charge is 2.17. The maximum absolute atomic E-state index is 12.2. The molecule has 0 unspecified atom stereocenters. The van der Waals surface area contributed by atoms with Crippen LogP contribution in [0.15, 0.2) is 51.7 Å². The lowest BCUT2D eigenvalue weighted by Crippen LogP contribution is -2.15. The summed E-state index contributed by atoms with van der Waals surface area (Å²) < 4.78 is 5.51. The van der Waals surface area contributed by atoms with Gasteiger partial charge >= 0.3 is 5.63 Å². The van der Waals surface area contributed by atoms with E-state index < -0.39 is 5.63 Å². The molecule has 2 aromatic carbocycles. The highest BCUT2D eigenvalue weighted by Crippen LogP contribution is 2.36. The van der Waals surface area contributed by atoms with Crippen LogP contribution in [-0.2, 0) is 13.0 Å². The first-order valence-corrected chi connectivity index (χ1v) is 8.73. The Hall–Kier alpha value is -2.59. The smallest absolute Gasteiger partial charge is 0.336 e. The van der Waals surface area contributed by atoms with Crippen LogP contribution in [0.5, 0.6) is 5.75 Å². The average Bonchev–Trinajstić information content (AvgIpc) is 2.63. The molecule has 3 rings (SSSR count). The van der Waals surface area contributed by atoms with E-state index in [9.17, 15) is 9.90 Å². The van der Waals surface area contributed by atoms with Gasteiger partial charge in [0.05, 0.1) is 5.56 Å². The molecule has 3 aromatic rings. The Morgan fingerprint density at radius 1 is 1.12 bits per heavy atom. The Kier molecular flexibility index (Phi) is 5.19. The van der Waals surface area contributed by atoms with Crippen LogP contribution in [0.3, 0.4) is 0 Å². The summed E-state index contributed by atoms with van der Waals surface area (Å²) in [6.45, 7) is 5.39. The molecule has 130 valence electrons. The number of nitrogens with one attached hydrogen (secondary N) is 1. The number of benzene rings is 2. The summed E-state index contributed by atoms with van der Waals surface area (Å²) in [7, 11) is 0. The number of phenolic OH excluding ortho intramolecular Hbond substituents is 1. The predicted octanol–water partition coefficient (Wildman–Crippen LogP) is 4.23. The first-order chi connectivity index (χ1) is 12.2. The standard InChI is InChI=1S/C21H23NO3/c1-3-10-22-13-18-20(24)14(4-2)11-17-16(12-19(23)25-21(17)18)15-8-6-5-7-9-15/h5-9,11-12,22,24H,3-4,10,13H2,1-2H3. The fraction of sp³-hybridized carbons (Fsp3) is 0.286. The molecule has 0 saturated heterocycles. The predicted molar refractivity (Wildman–Crippen MR) is 101 cm³/mol. The van der Waals surface area contributed by atoms with E-state index in [4.69, 9.17) is 4.42 Å². The highest BCUT2D eigenvalue weighted by atomic mass is 16.4. The highest BCUT2D eigenvalue weighted by molar-refractivity contribution is 5.96. The Labute approximate surface area is 147 Å². The van der Waals surface area contributed by atoms with Crippen molar-refractivity contribution >= 4 is 11.0 Å². The molecule has 0 saturated carbocycles. The van der Waals surface area contributed by atoms with Gasteiger partial charge in [-0.1, -0.05) is 44.2 Å². The van der Waals surface area contributed by atoms with Gasteiger partial charge in [0, 0.05) is 18.0 Å². The maximum Gasteiger partial charge on any atom is 0.336 e. The third-order valence-electron chi connectivity index (χ3n) is 4.38. The molecular weight excluding hydrogens is 314 g/mol. The van der Waals surface area contributed by atoms with Crippen molar-refractivity contribution in [2.45, 2.75) is 33.2 Å². The van der Waals surface area contributed by atoms with Crippen molar-refractivity contribution in [2.24, 2.45) is 0 Å². The van der Waals surface area contributed by atoms with Crippen LogP contribution in [0.25, 0.3) is 22.1 Å². The minimum absolute atomic E-state index is 0.215. The quantitative estimate of drug-likeness (QED) is 0.522. The second kappa shape index (κ2) is 7.53. The third kappa shape index (κ3) is 3.44. The van der Waals surface area contributed by atoms with E-state index in [-0.39, 0.29) is 5.75 Å². The van der Waals surface area contributed by atoms with Gasteiger partial charge in [0.15, 0.2) is 0 Å². The largest absolute Gasteiger partial charge is 0.507 e. The average molecular weight is 337 g/mol. The van der Waals surface area contributed by atoms with E-state index in [0.29, 0.717) is 24.1 Å². The van der Waals surface area contributed by atoms with E-state index in [1.54, 1.807) is 0 Å². The minimum Gasteiger partial charge on any atom is -0.507 e. The molecule has 1 aromatic heterocycles. The zero-order chi connectivity index (χ0) is 17.8. The monoisotopic (exact) mass is 337 g/mol. The summed E-state index contributed by atoms with van der Waals surface area (Å²) in [6.07, 6.45) is 1.70. The normalized spacial score (nSPS) is 11.1. The third-order valence-corrected chi connectivity index (χ3v) is 4.38. The van der Waals surface area contributed by atoms with Gasteiger partial charge < -0.3 is 14.8 Å². The van der Waals surface area contributed by atoms with Gasteiger partial charge in [0.25, 0.3) is 0 Å². The zero-order valence-corrected chi connectivity index (χ0v) is 14.6. The second-order valence-electron chi connectivity index (χ2n) is 6.12. The topological polar surface area (TPSA) is 62.5 Å². The van der Waals surface area contributed by atoms with Crippen molar-refractivity contribution in [3.05, 3.63) is 64.0 Å². The van der Waals surface area contributed by atoms with Crippen LogP contribution < -0.4 is 10.9 Å². The number of hydrogen-bond donors (Lipinski definition) is 2. The van der Waals surface area contributed by atoms with Gasteiger partial charge in [-0.2, -0.15) is 0 Å². The Morgan fingerprint density at radius 2 is 1.88 bits per heavy atom. The molecule has 0 radical (unpaired) electrons. The Morgan fingerprint density at radius 3 is 2.56 bits per heavy atom. The van der Waals surface area contributed by atoms with Crippen molar-refractivity contribution in [3.63, 3.8) is 0 Å². The van der Waals surface area contributed by atoms with E-state index in [1.807, 2.05) is 43.3 Å². The number of hydrogen-bond acceptors (Lipinski definition) is 4. The number of fused-ring (bicyclic) bond motifs is 1. The van der Waals surface area contributed by atoms with Gasteiger partial charge in [-0.05, 0) is 42.1 Å².